The highest BCUT2D eigenvalue weighted by molar-refractivity contribution is 5.89. The van der Waals surface area contributed by atoms with Crippen LogP contribution in [0.4, 0.5) is 0 Å². The molecule has 0 saturated carbocycles. The molecule has 0 aromatic heterocycles. The van der Waals surface area contributed by atoms with E-state index in [4.69, 9.17) is 4.74 Å². The molecule has 5 nitrogen and oxygen atoms in total. The van der Waals surface area contributed by atoms with E-state index in [0.717, 1.165) is 28.2 Å². The Morgan fingerprint density at radius 1 is 0.900 bits per heavy atom. The fourth-order valence-electron chi connectivity index (χ4n) is 4.23. The van der Waals surface area contributed by atoms with Gasteiger partial charge in [0.25, 0.3) is 0 Å². The monoisotopic (exact) mass is 398 g/mol. The summed E-state index contributed by atoms with van der Waals surface area (Å²) in [6.07, 6.45) is 0.241. The zero-order valence-corrected chi connectivity index (χ0v) is 16.5. The number of fused-ring (bicyclic) bond motifs is 2. The molecule has 3 aromatic carbocycles. The van der Waals surface area contributed by atoms with E-state index in [1.54, 1.807) is 4.90 Å². The fraction of sp³-hybridized carbons (Fsp3) is 0.200. The second-order valence-electron chi connectivity index (χ2n) is 7.78. The van der Waals surface area contributed by atoms with Gasteiger partial charge in [0.2, 0.25) is 11.8 Å². The Labute approximate surface area is 175 Å². The normalized spacial score (nSPS) is 17.8. The number of carbonyl (C=O) groups is 2. The number of para-hydroxylation sites is 2. The molecule has 1 saturated heterocycles. The quantitative estimate of drug-likeness (QED) is 0.721. The summed E-state index contributed by atoms with van der Waals surface area (Å²) >= 11 is 0. The molecule has 1 unspecified atom stereocenters. The van der Waals surface area contributed by atoms with Crippen molar-refractivity contribution >= 4 is 11.8 Å². The molecule has 0 aliphatic carbocycles. The standard InChI is InChI=1S/C25H22N2O3/c28-23-14-18(16-27(23)15-17-8-2-1-3-9-17)25(29)26-24-19-10-4-6-12-21(19)30-22-13-7-5-11-20(22)24/h1-13,18,24H,14-16H2,(H,26,29). The van der Waals surface area contributed by atoms with Crippen LogP contribution in [-0.4, -0.2) is 23.3 Å². The number of likely N-dealkylation sites (tertiary alicyclic amines) is 1. The number of carbonyl (C=O) groups excluding carboxylic acids is 2. The summed E-state index contributed by atoms with van der Waals surface area (Å²) in [5.41, 5.74) is 2.92. The van der Waals surface area contributed by atoms with Gasteiger partial charge in [-0.1, -0.05) is 66.7 Å². The lowest BCUT2D eigenvalue weighted by molar-refractivity contribution is -0.129. The van der Waals surface area contributed by atoms with Gasteiger partial charge in [-0.3, -0.25) is 9.59 Å². The molecule has 2 aliphatic heterocycles. The fourth-order valence-corrected chi connectivity index (χ4v) is 4.23. The van der Waals surface area contributed by atoms with Crippen LogP contribution in [0, 0.1) is 5.92 Å². The highest BCUT2D eigenvalue weighted by Crippen LogP contribution is 2.42. The third-order valence-corrected chi connectivity index (χ3v) is 5.77. The predicted octanol–water partition coefficient (Wildman–Crippen LogP) is 4.05. The summed E-state index contributed by atoms with van der Waals surface area (Å²) in [5.74, 6) is 1.05. The van der Waals surface area contributed by atoms with Crippen LogP contribution in [0.15, 0.2) is 78.9 Å². The molecule has 2 aliphatic rings. The van der Waals surface area contributed by atoms with E-state index >= 15 is 0 Å². The highest BCUT2D eigenvalue weighted by Gasteiger charge is 2.36. The smallest absolute Gasteiger partial charge is 0.226 e. The van der Waals surface area contributed by atoms with Gasteiger partial charge < -0.3 is 15.0 Å². The number of amides is 2. The minimum Gasteiger partial charge on any atom is -0.457 e. The lowest BCUT2D eigenvalue weighted by Crippen LogP contribution is -2.37. The lowest BCUT2D eigenvalue weighted by Gasteiger charge is -2.29. The van der Waals surface area contributed by atoms with E-state index in [1.165, 1.54) is 0 Å². The van der Waals surface area contributed by atoms with Crippen molar-refractivity contribution in [2.45, 2.75) is 19.0 Å². The van der Waals surface area contributed by atoms with Gasteiger partial charge >= 0.3 is 0 Å². The summed E-state index contributed by atoms with van der Waals surface area (Å²) in [4.78, 5) is 27.4. The van der Waals surface area contributed by atoms with Crippen LogP contribution < -0.4 is 10.1 Å². The van der Waals surface area contributed by atoms with Crippen LogP contribution in [0.2, 0.25) is 0 Å². The van der Waals surface area contributed by atoms with Crippen LogP contribution in [0.25, 0.3) is 0 Å². The molecule has 2 heterocycles. The highest BCUT2D eigenvalue weighted by atomic mass is 16.5. The third-order valence-electron chi connectivity index (χ3n) is 5.77. The van der Waals surface area contributed by atoms with Gasteiger partial charge in [-0.2, -0.15) is 0 Å². The van der Waals surface area contributed by atoms with Crippen LogP contribution in [0.3, 0.4) is 0 Å². The molecular weight excluding hydrogens is 376 g/mol. The largest absolute Gasteiger partial charge is 0.457 e. The Morgan fingerprint density at radius 2 is 1.50 bits per heavy atom. The average molecular weight is 398 g/mol. The Morgan fingerprint density at radius 3 is 2.17 bits per heavy atom. The number of ether oxygens (including phenoxy) is 1. The van der Waals surface area contributed by atoms with Gasteiger partial charge in [0.15, 0.2) is 0 Å². The lowest BCUT2D eigenvalue weighted by atomic mass is 9.93. The molecule has 150 valence electrons. The maximum absolute atomic E-state index is 13.1. The average Bonchev–Trinajstić information content (AvgIpc) is 3.14. The maximum atomic E-state index is 13.1. The SMILES string of the molecule is O=C(NC1c2ccccc2Oc2ccccc21)C1CC(=O)N(Cc2ccccc2)C1. The van der Waals surface area contributed by atoms with Gasteiger partial charge in [-0.05, 0) is 17.7 Å². The summed E-state index contributed by atoms with van der Waals surface area (Å²) < 4.78 is 6.00. The van der Waals surface area contributed by atoms with Crippen molar-refractivity contribution in [3.05, 3.63) is 95.6 Å². The molecule has 1 N–H and O–H groups in total. The van der Waals surface area contributed by atoms with Crippen molar-refractivity contribution < 1.29 is 14.3 Å². The van der Waals surface area contributed by atoms with Gasteiger partial charge in [0.1, 0.15) is 11.5 Å². The predicted molar refractivity (Wildman–Crippen MR) is 113 cm³/mol. The first-order chi connectivity index (χ1) is 14.7. The summed E-state index contributed by atoms with van der Waals surface area (Å²) in [7, 11) is 0. The summed E-state index contributed by atoms with van der Waals surface area (Å²) in [5, 5.41) is 3.18. The minimum absolute atomic E-state index is 0.0202. The van der Waals surface area contributed by atoms with E-state index in [1.807, 2.05) is 78.9 Å². The van der Waals surface area contributed by atoms with Gasteiger partial charge in [0, 0.05) is 30.6 Å². The van der Waals surface area contributed by atoms with Gasteiger partial charge in [-0.25, -0.2) is 0 Å². The van der Waals surface area contributed by atoms with Crippen molar-refractivity contribution in [2.24, 2.45) is 5.92 Å². The molecule has 0 radical (unpaired) electrons. The van der Waals surface area contributed by atoms with Crippen LogP contribution >= 0.6 is 0 Å². The molecular formula is C25H22N2O3. The zero-order valence-electron chi connectivity index (χ0n) is 16.5. The first-order valence-corrected chi connectivity index (χ1v) is 10.2. The second kappa shape index (κ2) is 7.67. The number of nitrogens with zero attached hydrogens (tertiary/aromatic N) is 1. The van der Waals surface area contributed by atoms with Crippen molar-refractivity contribution in [2.75, 3.05) is 6.54 Å². The molecule has 1 fully saturated rings. The van der Waals surface area contributed by atoms with E-state index in [2.05, 4.69) is 5.32 Å². The van der Waals surface area contributed by atoms with Crippen LogP contribution in [0.1, 0.15) is 29.2 Å². The van der Waals surface area contributed by atoms with Crippen molar-refractivity contribution in [3.63, 3.8) is 0 Å². The number of nitrogens with one attached hydrogen (secondary N) is 1. The van der Waals surface area contributed by atoms with Crippen molar-refractivity contribution in [1.82, 2.24) is 10.2 Å². The first kappa shape index (κ1) is 18.4. The first-order valence-electron chi connectivity index (χ1n) is 10.2. The van der Waals surface area contributed by atoms with Crippen molar-refractivity contribution in [1.29, 1.82) is 0 Å². The number of benzene rings is 3. The van der Waals surface area contributed by atoms with E-state index in [-0.39, 0.29) is 30.2 Å². The minimum atomic E-state index is -0.358. The molecule has 0 spiro atoms. The van der Waals surface area contributed by atoms with E-state index in [9.17, 15) is 9.59 Å². The second-order valence-corrected chi connectivity index (χ2v) is 7.78. The molecule has 5 rings (SSSR count). The van der Waals surface area contributed by atoms with E-state index < -0.39 is 0 Å². The van der Waals surface area contributed by atoms with Crippen LogP contribution in [-0.2, 0) is 16.1 Å². The molecule has 2 amide bonds. The van der Waals surface area contributed by atoms with Gasteiger partial charge in [0.05, 0.1) is 12.0 Å². The molecule has 0 bridgehead atoms. The summed E-state index contributed by atoms with van der Waals surface area (Å²) in [6, 6.07) is 25.0. The molecule has 3 aromatic rings. The Balaban J connectivity index is 1.34. The number of rotatable bonds is 4. The van der Waals surface area contributed by atoms with E-state index in [0.29, 0.717) is 13.1 Å². The topological polar surface area (TPSA) is 58.6 Å². The van der Waals surface area contributed by atoms with Crippen molar-refractivity contribution in [3.8, 4) is 11.5 Å². The molecule has 1 atom stereocenters. The number of hydrogen-bond donors (Lipinski definition) is 1. The zero-order chi connectivity index (χ0) is 20.5. The Bertz CT molecular complexity index is 1050. The third kappa shape index (κ3) is 3.43. The maximum Gasteiger partial charge on any atom is 0.226 e. The van der Waals surface area contributed by atoms with Gasteiger partial charge in [-0.15, -0.1) is 0 Å². The Hall–Kier alpha value is -3.60. The summed E-state index contributed by atoms with van der Waals surface area (Å²) in [6.45, 7) is 0.971. The number of hydrogen-bond acceptors (Lipinski definition) is 3. The van der Waals surface area contributed by atoms with Crippen LogP contribution in [0.5, 0.6) is 11.5 Å². The molecule has 30 heavy (non-hydrogen) atoms. The molecule has 5 heteroatoms. The Kier molecular flexibility index (Phi) is 4.71.